The van der Waals surface area contributed by atoms with Gasteiger partial charge in [0, 0.05) is 26.1 Å². The number of carbonyl (C=O) groups excluding carboxylic acids is 3. The van der Waals surface area contributed by atoms with Crippen molar-refractivity contribution in [1.82, 2.24) is 15.1 Å². The molecule has 1 aromatic rings. The van der Waals surface area contributed by atoms with Crippen LogP contribution in [0.4, 0.5) is 9.59 Å². The van der Waals surface area contributed by atoms with Crippen LogP contribution in [-0.2, 0) is 16.1 Å². The van der Waals surface area contributed by atoms with E-state index >= 15 is 0 Å². The molecular formula is C15H17N3O4. The van der Waals surface area contributed by atoms with Crippen LogP contribution in [0.15, 0.2) is 30.3 Å². The lowest BCUT2D eigenvalue weighted by Gasteiger charge is -2.42. The number of piperazine rings is 1. The lowest BCUT2D eigenvalue weighted by Crippen LogP contribution is -2.63. The fourth-order valence-corrected chi connectivity index (χ4v) is 2.73. The van der Waals surface area contributed by atoms with E-state index in [0.717, 1.165) is 5.56 Å². The summed E-state index contributed by atoms with van der Waals surface area (Å²) in [7, 11) is 0. The second-order valence-electron chi connectivity index (χ2n) is 5.39. The Morgan fingerprint density at radius 1 is 1.23 bits per heavy atom. The van der Waals surface area contributed by atoms with Gasteiger partial charge in [-0.1, -0.05) is 30.3 Å². The Morgan fingerprint density at radius 2 is 2.00 bits per heavy atom. The standard InChI is InChI=1S/C15H17N3O4/c19-13-8-12-9-17(6-7-18(12)14(20)16-13)15(21)22-10-11-4-2-1-3-5-11/h1-5,12H,6-10H2,(H,16,19,20). The highest BCUT2D eigenvalue weighted by Gasteiger charge is 2.38. The molecule has 0 aliphatic carbocycles. The maximum atomic E-state index is 12.1. The van der Waals surface area contributed by atoms with E-state index in [-0.39, 0.29) is 31.0 Å². The first-order valence-electron chi connectivity index (χ1n) is 7.19. The molecule has 2 fully saturated rings. The van der Waals surface area contributed by atoms with Crippen LogP contribution >= 0.6 is 0 Å². The summed E-state index contributed by atoms with van der Waals surface area (Å²) >= 11 is 0. The molecule has 1 N–H and O–H groups in total. The summed E-state index contributed by atoms with van der Waals surface area (Å²) in [6.07, 6.45) is -0.198. The molecule has 1 atom stereocenters. The predicted octanol–water partition coefficient (Wildman–Crippen LogP) is 0.949. The van der Waals surface area contributed by atoms with Gasteiger partial charge in [-0.3, -0.25) is 10.1 Å². The summed E-state index contributed by atoms with van der Waals surface area (Å²) in [4.78, 5) is 38.4. The van der Waals surface area contributed by atoms with E-state index in [0.29, 0.717) is 19.6 Å². The Labute approximate surface area is 127 Å². The number of ether oxygens (including phenoxy) is 1. The van der Waals surface area contributed by atoms with Gasteiger partial charge in [-0.05, 0) is 5.56 Å². The molecule has 0 spiro atoms. The van der Waals surface area contributed by atoms with Gasteiger partial charge >= 0.3 is 12.1 Å². The summed E-state index contributed by atoms with van der Waals surface area (Å²) in [5.41, 5.74) is 0.918. The van der Waals surface area contributed by atoms with E-state index in [2.05, 4.69) is 5.32 Å². The van der Waals surface area contributed by atoms with E-state index in [1.807, 2.05) is 30.3 Å². The van der Waals surface area contributed by atoms with E-state index in [1.165, 1.54) is 0 Å². The monoisotopic (exact) mass is 303 g/mol. The molecule has 2 aliphatic heterocycles. The fraction of sp³-hybridized carbons (Fsp3) is 0.400. The summed E-state index contributed by atoms with van der Waals surface area (Å²) in [5, 5.41) is 2.28. The minimum atomic E-state index is -0.415. The molecule has 1 aromatic carbocycles. The van der Waals surface area contributed by atoms with E-state index in [1.54, 1.807) is 9.80 Å². The molecule has 1 unspecified atom stereocenters. The molecule has 116 valence electrons. The lowest BCUT2D eigenvalue weighted by atomic mass is 10.1. The molecule has 2 saturated heterocycles. The van der Waals surface area contributed by atoms with Crippen molar-refractivity contribution in [3.63, 3.8) is 0 Å². The van der Waals surface area contributed by atoms with Crippen LogP contribution in [0.2, 0.25) is 0 Å². The van der Waals surface area contributed by atoms with Gasteiger partial charge in [0.25, 0.3) is 0 Å². The van der Waals surface area contributed by atoms with Crippen molar-refractivity contribution in [2.24, 2.45) is 0 Å². The molecule has 7 nitrogen and oxygen atoms in total. The smallest absolute Gasteiger partial charge is 0.410 e. The van der Waals surface area contributed by atoms with E-state index in [9.17, 15) is 14.4 Å². The number of urea groups is 1. The molecule has 4 amide bonds. The molecule has 0 radical (unpaired) electrons. The molecule has 0 bridgehead atoms. The molecule has 0 aromatic heterocycles. The highest BCUT2D eigenvalue weighted by Crippen LogP contribution is 2.17. The second-order valence-corrected chi connectivity index (χ2v) is 5.39. The third-order valence-corrected chi connectivity index (χ3v) is 3.87. The molecule has 0 saturated carbocycles. The Morgan fingerprint density at radius 3 is 2.77 bits per heavy atom. The van der Waals surface area contributed by atoms with E-state index < -0.39 is 6.09 Å². The summed E-state index contributed by atoms with van der Waals surface area (Å²) in [6.45, 7) is 1.35. The van der Waals surface area contributed by atoms with Gasteiger partial charge < -0.3 is 14.5 Å². The van der Waals surface area contributed by atoms with Gasteiger partial charge in [0.2, 0.25) is 5.91 Å². The number of fused-ring (bicyclic) bond motifs is 1. The summed E-state index contributed by atoms with van der Waals surface area (Å²) in [6, 6.07) is 8.79. The van der Waals surface area contributed by atoms with Crippen LogP contribution in [0.25, 0.3) is 0 Å². The van der Waals surface area contributed by atoms with Gasteiger partial charge in [-0.2, -0.15) is 0 Å². The maximum absolute atomic E-state index is 12.1. The van der Waals surface area contributed by atoms with Crippen molar-refractivity contribution in [3.05, 3.63) is 35.9 Å². The van der Waals surface area contributed by atoms with Crippen molar-refractivity contribution in [3.8, 4) is 0 Å². The minimum absolute atomic E-state index is 0.212. The lowest BCUT2D eigenvalue weighted by molar-refractivity contribution is -0.123. The Hall–Kier alpha value is -2.57. The Balaban J connectivity index is 1.56. The normalized spacial score (nSPS) is 21.2. The van der Waals surface area contributed by atoms with Gasteiger partial charge in [0.1, 0.15) is 6.61 Å². The third kappa shape index (κ3) is 3.03. The zero-order valence-corrected chi connectivity index (χ0v) is 12.0. The molecule has 2 heterocycles. The van der Waals surface area contributed by atoms with Crippen molar-refractivity contribution in [2.45, 2.75) is 19.1 Å². The van der Waals surface area contributed by atoms with Crippen molar-refractivity contribution in [2.75, 3.05) is 19.6 Å². The topological polar surface area (TPSA) is 79.0 Å². The zero-order valence-electron chi connectivity index (χ0n) is 12.0. The second kappa shape index (κ2) is 6.05. The Kier molecular flexibility index (Phi) is 3.95. The highest BCUT2D eigenvalue weighted by atomic mass is 16.6. The van der Waals surface area contributed by atoms with Crippen LogP contribution in [0.5, 0.6) is 0 Å². The molecular weight excluding hydrogens is 286 g/mol. The Bertz CT molecular complexity index is 590. The predicted molar refractivity (Wildman–Crippen MR) is 76.8 cm³/mol. The molecule has 22 heavy (non-hydrogen) atoms. The number of hydrogen-bond donors (Lipinski definition) is 1. The van der Waals surface area contributed by atoms with Crippen LogP contribution < -0.4 is 5.32 Å². The van der Waals surface area contributed by atoms with E-state index in [4.69, 9.17) is 4.74 Å². The first kappa shape index (κ1) is 14.4. The number of rotatable bonds is 2. The van der Waals surface area contributed by atoms with Crippen molar-refractivity contribution >= 4 is 18.0 Å². The molecule has 2 aliphatic rings. The summed E-state index contributed by atoms with van der Waals surface area (Å²) in [5.74, 6) is -0.300. The van der Waals surface area contributed by atoms with Gasteiger partial charge in [-0.15, -0.1) is 0 Å². The number of benzene rings is 1. The van der Waals surface area contributed by atoms with Crippen molar-refractivity contribution < 1.29 is 19.1 Å². The number of carbonyl (C=O) groups is 3. The summed E-state index contributed by atoms with van der Waals surface area (Å²) < 4.78 is 5.28. The first-order chi connectivity index (χ1) is 10.6. The quantitative estimate of drug-likeness (QED) is 0.882. The number of hydrogen-bond acceptors (Lipinski definition) is 4. The number of amides is 4. The largest absolute Gasteiger partial charge is 0.445 e. The molecule has 3 rings (SSSR count). The number of imide groups is 1. The zero-order chi connectivity index (χ0) is 15.5. The van der Waals surface area contributed by atoms with Gasteiger partial charge in [-0.25, -0.2) is 9.59 Å². The minimum Gasteiger partial charge on any atom is -0.445 e. The van der Waals surface area contributed by atoms with Gasteiger partial charge in [0.05, 0.1) is 6.04 Å². The molecule has 7 heteroatoms. The van der Waals surface area contributed by atoms with Crippen LogP contribution in [0.3, 0.4) is 0 Å². The van der Waals surface area contributed by atoms with Crippen molar-refractivity contribution in [1.29, 1.82) is 0 Å². The average Bonchev–Trinajstić information content (AvgIpc) is 2.53. The van der Waals surface area contributed by atoms with Crippen LogP contribution in [-0.4, -0.2) is 53.5 Å². The third-order valence-electron chi connectivity index (χ3n) is 3.87. The first-order valence-corrected chi connectivity index (χ1v) is 7.19. The van der Waals surface area contributed by atoms with Crippen LogP contribution in [0.1, 0.15) is 12.0 Å². The van der Waals surface area contributed by atoms with Crippen LogP contribution in [0, 0.1) is 0 Å². The number of nitrogens with one attached hydrogen (secondary N) is 1. The highest BCUT2D eigenvalue weighted by molar-refractivity contribution is 5.97. The van der Waals surface area contributed by atoms with Gasteiger partial charge in [0.15, 0.2) is 0 Å². The fourth-order valence-electron chi connectivity index (χ4n) is 2.73. The average molecular weight is 303 g/mol. The SMILES string of the molecule is O=C1CC2CN(C(=O)OCc3ccccc3)CCN2C(=O)N1. The maximum Gasteiger partial charge on any atom is 0.410 e. The number of nitrogens with zero attached hydrogens (tertiary/aromatic N) is 2.